The molecule has 208 valence electrons. The molecule has 0 heterocycles. The van der Waals surface area contributed by atoms with Gasteiger partial charge in [-0.2, -0.15) is 11.8 Å². The molecule has 3 amide bonds. The van der Waals surface area contributed by atoms with E-state index in [-0.39, 0.29) is 18.8 Å². The van der Waals surface area contributed by atoms with Gasteiger partial charge in [-0.15, -0.1) is 0 Å². The summed E-state index contributed by atoms with van der Waals surface area (Å²) in [7, 11) is 0. The number of carboxylic acid groups (broad SMARTS) is 1. The van der Waals surface area contributed by atoms with Crippen LogP contribution < -0.4 is 27.4 Å². The van der Waals surface area contributed by atoms with Gasteiger partial charge in [-0.1, -0.05) is 50.6 Å². The molecule has 0 bridgehead atoms. The number of carbonyl (C=O) groups is 4. The van der Waals surface area contributed by atoms with Gasteiger partial charge in [-0.25, -0.2) is 4.79 Å². The topological polar surface area (TPSA) is 177 Å². The number of amides is 3. The third-order valence-corrected chi connectivity index (χ3v) is 6.88. The number of aliphatic carboxylic acids is 1. The molecule has 8 N–H and O–H groups in total. The van der Waals surface area contributed by atoms with Crippen LogP contribution in [-0.4, -0.2) is 71.5 Å². The van der Waals surface area contributed by atoms with Crippen molar-refractivity contribution >= 4 is 35.5 Å². The first kappa shape index (κ1) is 32.4. The minimum Gasteiger partial charge on any atom is -0.480 e. The van der Waals surface area contributed by atoms with Crippen LogP contribution in [0.25, 0.3) is 0 Å². The van der Waals surface area contributed by atoms with E-state index in [1.54, 1.807) is 11.8 Å². The number of unbranched alkanes of at least 4 members (excludes halogenated alkanes) is 1. The molecule has 0 aromatic heterocycles. The number of nitrogens with two attached hydrogens (primary N) is 2. The Kier molecular flexibility index (Phi) is 15.6. The SMILES string of the molecule is CCC(C)C(NC(=O)C(N)CCSC)C(=O)NC(Cc1ccccc1)C(=O)NC(CCCCN)C(=O)O. The van der Waals surface area contributed by atoms with Crippen LogP contribution in [0.5, 0.6) is 0 Å². The fraction of sp³-hybridized carbons (Fsp3) is 0.615. The molecule has 0 saturated heterocycles. The lowest BCUT2D eigenvalue weighted by Gasteiger charge is -2.28. The van der Waals surface area contributed by atoms with Crippen molar-refractivity contribution in [1.29, 1.82) is 0 Å². The molecule has 0 spiro atoms. The molecule has 5 atom stereocenters. The molecule has 1 aromatic rings. The van der Waals surface area contributed by atoms with Gasteiger partial charge >= 0.3 is 5.97 Å². The molecular weight excluding hydrogens is 494 g/mol. The van der Waals surface area contributed by atoms with Crippen molar-refractivity contribution in [3.8, 4) is 0 Å². The zero-order chi connectivity index (χ0) is 27.8. The highest BCUT2D eigenvalue weighted by Crippen LogP contribution is 2.11. The van der Waals surface area contributed by atoms with E-state index in [2.05, 4.69) is 16.0 Å². The molecular formula is C26H43N5O5S. The standard InChI is InChI=1S/C26H43N5O5S/c1-4-17(2)22(31-23(32)19(28)13-15-37-3)25(34)30-21(16-18-10-6-5-7-11-18)24(33)29-20(26(35)36)12-8-9-14-27/h5-7,10-11,17,19-22H,4,8-9,12-16,27-28H2,1-3H3,(H,29,33)(H,30,34)(H,31,32)(H,35,36). The maximum absolute atomic E-state index is 13.4. The summed E-state index contributed by atoms with van der Waals surface area (Å²) in [4.78, 5) is 51.0. The van der Waals surface area contributed by atoms with Gasteiger partial charge in [0, 0.05) is 6.42 Å². The Morgan fingerprint density at radius 1 is 0.946 bits per heavy atom. The second-order valence-corrected chi connectivity index (χ2v) is 10.2. The summed E-state index contributed by atoms with van der Waals surface area (Å²) in [5.74, 6) is -2.22. The lowest BCUT2D eigenvalue weighted by molar-refractivity contribution is -0.142. The van der Waals surface area contributed by atoms with Crippen LogP contribution in [0.2, 0.25) is 0 Å². The van der Waals surface area contributed by atoms with Gasteiger partial charge in [-0.05, 0) is 55.7 Å². The summed E-state index contributed by atoms with van der Waals surface area (Å²) >= 11 is 1.58. The monoisotopic (exact) mass is 537 g/mol. The van der Waals surface area contributed by atoms with E-state index < -0.39 is 47.9 Å². The Labute approximate surface area is 224 Å². The molecule has 5 unspecified atom stereocenters. The minimum atomic E-state index is -1.15. The lowest BCUT2D eigenvalue weighted by Crippen LogP contribution is -2.59. The summed E-state index contributed by atoms with van der Waals surface area (Å²) in [6.07, 6.45) is 4.57. The summed E-state index contributed by atoms with van der Waals surface area (Å²) in [6, 6.07) is 5.32. The Bertz CT molecular complexity index is 857. The third kappa shape index (κ3) is 12.0. The highest BCUT2D eigenvalue weighted by Gasteiger charge is 2.32. The van der Waals surface area contributed by atoms with Crippen LogP contribution >= 0.6 is 11.8 Å². The number of carboxylic acids is 1. The number of carbonyl (C=O) groups excluding carboxylic acids is 3. The van der Waals surface area contributed by atoms with Crippen LogP contribution in [0.3, 0.4) is 0 Å². The molecule has 0 radical (unpaired) electrons. The molecule has 1 aromatic carbocycles. The lowest BCUT2D eigenvalue weighted by atomic mass is 9.96. The molecule has 0 aliphatic rings. The first-order chi connectivity index (χ1) is 17.6. The van der Waals surface area contributed by atoms with E-state index in [4.69, 9.17) is 11.5 Å². The van der Waals surface area contributed by atoms with Crippen molar-refractivity contribution in [2.45, 2.75) is 76.5 Å². The first-order valence-corrected chi connectivity index (χ1v) is 14.2. The first-order valence-electron chi connectivity index (χ1n) is 12.8. The molecule has 0 saturated carbocycles. The molecule has 10 nitrogen and oxygen atoms in total. The maximum Gasteiger partial charge on any atom is 0.326 e. The summed E-state index contributed by atoms with van der Waals surface area (Å²) in [5.41, 5.74) is 12.3. The second-order valence-electron chi connectivity index (χ2n) is 9.19. The Hall–Kier alpha value is -2.63. The average Bonchev–Trinajstić information content (AvgIpc) is 2.89. The van der Waals surface area contributed by atoms with E-state index in [1.807, 2.05) is 50.4 Å². The summed E-state index contributed by atoms with van der Waals surface area (Å²) < 4.78 is 0. The van der Waals surface area contributed by atoms with Gasteiger partial charge in [0.05, 0.1) is 6.04 Å². The van der Waals surface area contributed by atoms with E-state index >= 15 is 0 Å². The number of hydrogen-bond acceptors (Lipinski definition) is 7. The number of hydrogen-bond donors (Lipinski definition) is 6. The predicted octanol–water partition coefficient (Wildman–Crippen LogP) is 1.02. The average molecular weight is 538 g/mol. The predicted molar refractivity (Wildman–Crippen MR) is 147 cm³/mol. The van der Waals surface area contributed by atoms with Crippen molar-refractivity contribution < 1.29 is 24.3 Å². The zero-order valence-electron chi connectivity index (χ0n) is 22.1. The van der Waals surface area contributed by atoms with Crippen molar-refractivity contribution in [3.63, 3.8) is 0 Å². The number of nitrogens with one attached hydrogen (secondary N) is 3. The van der Waals surface area contributed by atoms with Gasteiger partial charge in [0.1, 0.15) is 18.1 Å². The fourth-order valence-electron chi connectivity index (χ4n) is 3.68. The van der Waals surface area contributed by atoms with Crippen LogP contribution in [0, 0.1) is 5.92 Å². The quantitative estimate of drug-likeness (QED) is 0.150. The van der Waals surface area contributed by atoms with Crippen molar-refractivity contribution in [1.82, 2.24) is 16.0 Å². The molecule has 11 heteroatoms. The number of benzene rings is 1. The normalized spacial score (nSPS) is 15.1. The van der Waals surface area contributed by atoms with E-state index in [0.29, 0.717) is 38.0 Å². The molecule has 0 aliphatic carbocycles. The van der Waals surface area contributed by atoms with Gasteiger partial charge < -0.3 is 32.5 Å². The van der Waals surface area contributed by atoms with E-state index in [9.17, 15) is 24.3 Å². The van der Waals surface area contributed by atoms with Crippen LogP contribution in [0.1, 0.15) is 51.5 Å². The smallest absolute Gasteiger partial charge is 0.326 e. The molecule has 0 fully saturated rings. The Balaban J connectivity index is 3.09. The fourth-order valence-corrected chi connectivity index (χ4v) is 4.17. The number of thioether (sulfide) groups is 1. The highest BCUT2D eigenvalue weighted by atomic mass is 32.2. The highest BCUT2D eigenvalue weighted by molar-refractivity contribution is 7.98. The second kappa shape index (κ2) is 17.8. The van der Waals surface area contributed by atoms with Gasteiger partial charge in [-0.3, -0.25) is 14.4 Å². The maximum atomic E-state index is 13.4. The van der Waals surface area contributed by atoms with Gasteiger partial charge in [0.15, 0.2) is 0 Å². The van der Waals surface area contributed by atoms with E-state index in [0.717, 1.165) is 5.56 Å². The molecule has 37 heavy (non-hydrogen) atoms. The van der Waals surface area contributed by atoms with Crippen molar-refractivity contribution in [2.24, 2.45) is 17.4 Å². The van der Waals surface area contributed by atoms with Gasteiger partial charge in [0.2, 0.25) is 17.7 Å². The Morgan fingerprint density at radius 3 is 2.16 bits per heavy atom. The van der Waals surface area contributed by atoms with Crippen LogP contribution in [0.4, 0.5) is 0 Å². The third-order valence-electron chi connectivity index (χ3n) is 6.24. The zero-order valence-corrected chi connectivity index (χ0v) is 22.9. The summed E-state index contributed by atoms with van der Waals surface area (Å²) in [6.45, 7) is 4.16. The van der Waals surface area contributed by atoms with Crippen LogP contribution in [0.15, 0.2) is 30.3 Å². The minimum absolute atomic E-state index is 0.155. The van der Waals surface area contributed by atoms with Crippen LogP contribution in [-0.2, 0) is 25.6 Å². The summed E-state index contributed by atoms with van der Waals surface area (Å²) in [5, 5.41) is 17.7. The Morgan fingerprint density at radius 2 is 1.59 bits per heavy atom. The van der Waals surface area contributed by atoms with Crippen molar-refractivity contribution in [2.75, 3.05) is 18.6 Å². The number of rotatable bonds is 18. The van der Waals surface area contributed by atoms with E-state index in [1.165, 1.54) is 0 Å². The largest absolute Gasteiger partial charge is 0.480 e. The molecule has 1 rings (SSSR count). The molecule has 0 aliphatic heterocycles. The van der Waals surface area contributed by atoms with Gasteiger partial charge in [0.25, 0.3) is 0 Å². The van der Waals surface area contributed by atoms with Crippen molar-refractivity contribution in [3.05, 3.63) is 35.9 Å².